The molecule has 0 bridgehead atoms. The summed E-state index contributed by atoms with van der Waals surface area (Å²) in [6, 6.07) is 5.10. The maximum atomic E-state index is 10.7. The lowest BCUT2D eigenvalue weighted by Crippen LogP contribution is -2.20. The number of nitro groups is 1. The highest BCUT2D eigenvalue weighted by molar-refractivity contribution is 14.1. The van der Waals surface area contributed by atoms with Crippen LogP contribution in [0.15, 0.2) is 18.2 Å². The van der Waals surface area contributed by atoms with Gasteiger partial charge in [0.1, 0.15) is 0 Å². The van der Waals surface area contributed by atoms with Gasteiger partial charge in [0.05, 0.1) is 14.6 Å². The van der Waals surface area contributed by atoms with Crippen molar-refractivity contribution < 1.29 is 9.66 Å². The summed E-state index contributed by atoms with van der Waals surface area (Å²) in [6.07, 6.45) is 1.35. The fourth-order valence-corrected chi connectivity index (χ4v) is 2.77. The lowest BCUT2D eigenvalue weighted by atomic mass is 10.0. The van der Waals surface area contributed by atoms with Gasteiger partial charge in [-0.05, 0) is 48.1 Å². The minimum atomic E-state index is -0.363. The number of rotatable bonds is 4. The second-order valence-electron chi connectivity index (χ2n) is 4.43. The van der Waals surface area contributed by atoms with Gasteiger partial charge in [-0.15, -0.1) is 0 Å². The highest BCUT2D eigenvalue weighted by Gasteiger charge is 2.23. The first kappa shape index (κ1) is 13.5. The van der Waals surface area contributed by atoms with Crippen LogP contribution in [0.25, 0.3) is 0 Å². The Morgan fingerprint density at radius 2 is 2.39 bits per heavy atom. The van der Waals surface area contributed by atoms with Gasteiger partial charge < -0.3 is 10.1 Å². The Bertz CT molecular complexity index is 453. The van der Waals surface area contributed by atoms with Crippen molar-refractivity contribution in [2.75, 3.05) is 18.5 Å². The molecule has 1 fully saturated rings. The van der Waals surface area contributed by atoms with E-state index in [9.17, 15) is 10.1 Å². The van der Waals surface area contributed by atoms with E-state index in [0.717, 1.165) is 25.3 Å². The van der Waals surface area contributed by atoms with Crippen LogP contribution in [0.1, 0.15) is 13.3 Å². The first-order valence-corrected chi connectivity index (χ1v) is 6.95. The van der Waals surface area contributed by atoms with Crippen LogP contribution in [0.2, 0.25) is 0 Å². The summed E-state index contributed by atoms with van der Waals surface area (Å²) in [5, 5.41) is 14.0. The molecular formula is C12H15IN2O3. The zero-order valence-electron chi connectivity index (χ0n) is 10.1. The molecule has 0 aliphatic carbocycles. The molecule has 6 heteroatoms. The Labute approximate surface area is 119 Å². The van der Waals surface area contributed by atoms with Crippen molar-refractivity contribution in [1.82, 2.24) is 0 Å². The van der Waals surface area contributed by atoms with Crippen LogP contribution in [0, 0.1) is 19.6 Å². The lowest BCUT2D eigenvalue weighted by molar-refractivity contribution is -0.385. The molecule has 0 radical (unpaired) electrons. The van der Waals surface area contributed by atoms with Crippen molar-refractivity contribution in [1.29, 1.82) is 0 Å². The Balaban J connectivity index is 1.98. The summed E-state index contributed by atoms with van der Waals surface area (Å²) >= 11 is 1.99. The zero-order chi connectivity index (χ0) is 13.1. The van der Waals surface area contributed by atoms with E-state index in [1.165, 1.54) is 0 Å². The SMILES string of the molecule is CC1OCCC1CNc1ccc([N+](=O)[O-])c(I)c1. The molecular weight excluding hydrogens is 347 g/mol. The molecule has 1 aromatic rings. The van der Waals surface area contributed by atoms with Gasteiger partial charge in [-0.3, -0.25) is 10.1 Å². The van der Waals surface area contributed by atoms with Gasteiger partial charge in [0.15, 0.2) is 0 Å². The molecule has 0 spiro atoms. The molecule has 98 valence electrons. The van der Waals surface area contributed by atoms with Crippen LogP contribution in [0.5, 0.6) is 0 Å². The van der Waals surface area contributed by atoms with Crippen LogP contribution in [0.4, 0.5) is 11.4 Å². The van der Waals surface area contributed by atoms with Crippen molar-refractivity contribution in [3.63, 3.8) is 0 Å². The normalized spacial score (nSPS) is 23.0. The van der Waals surface area contributed by atoms with Crippen molar-refractivity contribution in [3.05, 3.63) is 31.9 Å². The highest BCUT2D eigenvalue weighted by Crippen LogP contribution is 2.25. The third-order valence-corrected chi connectivity index (χ3v) is 4.11. The molecule has 1 aliphatic heterocycles. The van der Waals surface area contributed by atoms with Crippen molar-refractivity contribution in [2.45, 2.75) is 19.4 Å². The van der Waals surface area contributed by atoms with Crippen molar-refractivity contribution >= 4 is 34.0 Å². The smallest absolute Gasteiger partial charge is 0.282 e. The number of benzene rings is 1. The Morgan fingerprint density at radius 3 is 2.94 bits per heavy atom. The third kappa shape index (κ3) is 3.11. The first-order valence-electron chi connectivity index (χ1n) is 5.87. The molecule has 1 aliphatic rings. The second-order valence-corrected chi connectivity index (χ2v) is 5.59. The summed E-state index contributed by atoms with van der Waals surface area (Å²) in [5.41, 5.74) is 1.07. The van der Waals surface area contributed by atoms with Gasteiger partial charge in [0, 0.05) is 30.8 Å². The maximum absolute atomic E-state index is 10.7. The molecule has 5 nitrogen and oxygen atoms in total. The molecule has 2 rings (SSSR count). The standard InChI is InChI=1S/C12H15IN2O3/c1-8-9(4-5-18-8)7-14-10-2-3-12(15(16)17)11(13)6-10/h2-3,6,8-9,14H,4-5,7H2,1H3. The molecule has 2 atom stereocenters. The second kappa shape index (κ2) is 5.83. The molecule has 1 N–H and O–H groups in total. The van der Waals surface area contributed by atoms with E-state index in [2.05, 4.69) is 12.2 Å². The number of anilines is 1. The largest absolute Gasteiger partial charge is 0.385 e. The van der Waals surface area contributed by atoms with Gasteiger partial charge in [-0.2, -0.15) is 0 Å². The predicted octanol–water partition coefficient (Wildman–Crippen LogP) is 3.04. The van der Waals surface area contributed by atoms with Crippen LogP contribution in [0.3, 0.4) is 0 Å². The van der Waals surface area contributed by atoms with Crippen LogP contribution in [-0.2, 0) is 4.74 Å². The van der Waals surface area contributed by atoms with E-state index in [1.54, 1.807) is 18.2 Å². The molecule has 1 heterocycles. The Hall–Kier alpha value is -0.890. The molecule has 1 aromatic carbocycles. The predicted molar refractivity (Wildman–Crippen MR) is 77.8 cm³/mol. The fraction of sp³-hybridized carbons (Fsp3) is 0.500. The first-order chi connectivity index (χ1) is 8.58. The number of nitrogens with zero attached hydrogens (tertiary/aromatic N) is 1. The van der Waals surface area contributed by atoms with E-state index >= 15 is 0 Å². The lowest BCUT2D eigenvalue weighted by Gasteiger charge is -2.15. The van der Waals surface area contributed by atoms with Gasteiger partial charge in [0.2, 0.25) is 0 Å². The summed E-state index contributed by atoms with van der Waals surface area (Å²) in [4.78, 5) is 10.3. The average molecular weight is 362 g/mol. The molecule has 1 saturated heterocycles. The van der Waals surface area contributed by atoms with E-state index in [0.29, 0.717) is 9.49 Å². The van der Waals surface area contributed by atoms with Gasteiger partial charge in [0.25, 0.3) is 5.69 Å². The zero-order valence-corrected chi connectivity index (χ0v) is 12.2. The topological polar surface area (TPSA) is 64.4 Å². The van der Waals surface area contributed by atoms with Gasteiger partial charge in [-0.1, -0.05) is 0 Å². The number of hydrogen-bond acceptors (Lipinski definition) is 4. The summed E-state index contributed by atoms with van der Waals surface area (Å²) in [6.45, 7) is 3.75. The van der Waals surface area contributed by atoms with E-state index in [4.69, 9.17) is 4.74 Å². The van der Waals surface area contributed by atoms with Crippen LogP contribution < -0.4 is 5.32 Å². The van der Waals surface area contributed by atoms with Crippen LogP contribution >= 0.6 is 22.6 Å². The summed E-state index contributed by atoms with van der Waals surface area (Å²) < 4.78 is 6.15. The van der Waals surface area contributed by atoms with Crippen molar-refractivity contribution in [2.24, 2.45) is 5.92 Å². The minimum absolute atomic E-state index is 0.152. The molecule has 2 unspecified atom stereocenters. The molecule has 0 saturated carbocycles. The van der Waals surface area contributed by atoms with Crippen LogP contribution in [-0.4, -0.2) is 24.2 Å². The van der Waals surface area contributed by atoms with Gasteiger partial charge in [-0.25, -0.2) is 0 Å². The van der Waals surface area contributed by atoms with E-state index < -0.39 is 0 Å². The number of nitrogens with one attached hydrogen (secondary N) is 1. The van der Waals surface area contributed by atoms with Crippen molar-refractivity contribution in [3.8, 4) is 0 Å². The highest BCUT2D eigenvalue weighted by atomic mass is 127. The monoisotopic (exact) mass is 362 g/mol. The fourth-order valence-electron chi connectivity index (χ4n) is 2.06. The number of ether oxygens (including phenoxy) is 1. The Morgan fingerprint density at radius 1 is 1.61 bits per heavy atom. The van der Waals surface area contributed by atoms with Gasteiger partial charge >= 0.3 is 0 Å². The number of halogens is 1. The molecule has 0 aromatic heterocycles. The summed E-state index contributed by atoms with van der Waals surface area (Å²) in [5.74, 6) is 0.512. The van der Waals surface area contributed by atoms with E-state index in [1.807, 2.05) is 22.6 Å². The average Bonchev–Trinajstić information content (AvgIpc) is 2.72. The van der Waals surface area contributed by atoms with E-state index in [-0.39, 0.29) is 16.7 Å². The molecule has 18 heavy (non-hydrogen) atoms. The third-order valence-electron chi connectivity index (χ3n) is 3.25. The maximum Gasteiger partial charge on any atom is 0.282 e. The quantitative estimate of drug-likeness (QED) is 0.508. The number of nitro benzene ring substituents is 1. The minimum Gasteiger partial charge on any atom is -0.385 e. The number of hydrogen-bond donors (Lipinski definition) is 1. The summed E-state index contributed by atoms with van der Waals surface area (Å²) in [7, 11) is 0. The molecule has 0 amide bonds. The Kier molecular flexibility index (Phi) is 4.39.